The molecule has 2 aliphatic carbocycles. The Kier molecular flexibility index (Phi) is 6.21. The normalized spacial score (nSPS) is 20.1. The molecule has 130 valence electrons. The highest BCUT2D eigenvalue weighted by atomic mass is 16.1. The van der Waals surface area contributed by atoms with Gasteiger partial charge in [-0.3, -0.25) is 4.79 Å². The molecule has 2 aliphatic rings. The van der Waals surface area contributed by atoms with Crippen molar-refractivity contribution in [2.75, 3.05) is 0 Å². The molecule has 2 rings (SSSR count). The van der Waals surface area contributed by atoms with Crippen molar-refractivity contribution in [2.45, 2.75) is 53.9 Å². The lowest BCUT2D eigenvalue weighted by Gasteiger charge is -2.16. The number of hydrogen-bond donors (Lipinski definition) is 0. The van der Waals surface area contributed by atoms with Gasteiger partial charge in [0.25, 0.3) is 0 Å². The molecule has 0 N–H and O–H groups in total. The van der Waals surface area contributed by atoms with Crippen molar-refractivity contribution in [3.05, 3.63) is 81.4 Å². The van der Waals surface area contributed by atoms with E-state index < -0.39 is 0 Å². The lowest BCUT2D eigenvalue weighted by molar-refractivity contribution is -0.115. The molecular weight excluding hydrogens is 304 g/mol. The molecule has 1 atom stereocenters. The quantitative estimate of drug-likeness (QED) is 0.537. The summed E-state index contributed by atoms with van der Waals surface area (Å²) in [5, 5.41) is 0. The van der Waals surface area contributed by atoms with E-state index in [0.29, 0.717) is 12.3 Å². The molecule has 0 aromatic rings. The highest BCUT2D eigenvalue weighted by Crippen LogP contribution is 2.28. The molecule has 1 heteroatoms. The monoisotopic (exact) mass is 332 g/mol. The summed E-state index contributed by atoms with van der Waals surface area (Å²) in [6.45, 7) is 14.1. The fraction of sp³-hybridized carbons (Fsp3) is 0.375. The molecule has 0 saturated heterocycles. The number of ketones is 1. The first kappa shape index (κ1) is 19.0. The second-order valence-corrected chi connectivity index (χ2v) is 7.04. The molecule has 0 spiro atoms. The van der Waals surface area contributed by atoms with Crippen LogP contribution in [0.4, 0.5) is 0 Å². The SMILES string of the molecule is C=C=C(C)C1=C=CC(C)C(CCC(=O)C2=C(C)C=C(C)C(C)=CC2)=C1. The first-order chi connectivity index (χ1) is 11.8. The molecule has 25 heavy (non-hydrogen) atoms. The van der Waals surface area contributed by atoms with E-state index >= 15 is 0 Å². The Morgan fingerprint density at radius 3 is 2.68 bits per heavy atom. The van der Waals surface area contributed by atoms with Crippen LogP contribution < -0.4 is 0 Å². The zero-order valence-electron chi connectivity index (χ0n) is 16.1. The molecule has 1 nitrogen and oxygen atoms in total. The smallest absolute Gasteiger partial charge is 0.159 e. The first-order valence-electron chi connectivity index (χ1n) is 8.96. The predicted molar refractivity (Wildman–Crippen MR) is 106 cm³/mol. The molecule has 0 heterocycles. The van der Waals surface area contributed by atoms with Crippen molar-refractivity contribution in [1.82, 2.24) is 0 Å². The molecular formula is C24H28O. The molecule has 0 saturated carbocycles. The van der Waals surface area contributed by atoms with Crippen LogP contribution in [0.1, 0.15) is 53.9 Å². The number of Topliss-reactive ketones (excluding diaryl/α,β-unsaturated/α-hetero) is 1. The van der Waals surface area contributed by atoms with E-state index in [2.05, 4.69) is 63.1 Å². The average Bonchev–Trinajstić information content (AvgIpc) is 2.71. The van der Waals surface area contributed by atoms with Gasteiger partial charge in [0.1, 0.15) is 0 Å². The van der Waals surface area contributed by atoms with Crippen molar-refractivity contribution in [3.8, 4) is 0 Å². The van der Waals surface area contributed by atoms with Crippen LogP contribution in [0.15, 0.2) is 81.4 Å². The standard InChI is InChI=1S/C24H28O/c1-7-16(2)21-10-8-18(4)22(15-21)11-13-24(25)23-12-9-17(3)19(5)14-20(23)6/h8-9,14-15,18H,1,11-13H2,2-6H3. The Balaban J connectivity index is 2.13. The van der Waals surface area contributed by atoms with Crippen molar-refractivity contribution >= 4 is 5.78 Å². The number of allylic oxidation sites excluding steroid dienone is 10. The van der Waals surface area contributed by atoms with Gasteiger partial charge >= 0.3 is 0 Å². The van der Waals surface area contributed by atoms with E-state index in [1.165, 1.54) is 16.7 Å². The minimum atomic E-state index is 0.261. The van der Waals surface area contributed by atoms with Gasteiger partial charge in [-0.25, -0.2) is 0 Å². The van der Waals surface area contributed by atoms with Gasteiger partial charge in [-0.05, 0) is 63.8 Å². The summed E-state index contributed by atoms with van der Waals surface area (Å²) in [6, 6.07) is 0. The van der Waals surface area contributed by atoms with E-state index in [-0.39, 0.29) is 5.78 Å². The fourth-order valence-corrected chi connectivity index (χ4v) is 3.14. The van der Waals surface area contributed by atoms with E-state index in [9.17, 15) is 4.79 Å². The molecule has 0 fully saturated rings. The minimum absolute atomic E-state index is 0.261. The van der Waals surface area contributed by atoms with Gasteiger partial charge in [-0.2, -0.15) is 0 Å². The van der Waals surface area contributed by atoms with E-state index in [4.69, 9.17) is 0 Å². The van der Waals surface area contributed by atoms with Crippen molar-refractivity contribution in [1.29, 1.82) is 0 Å². The molecule has 0 aromatic heterocycles. The van der Waals surface area contributed by atoms with Crippen LogP contribution in [0, 0.1) is 5.92 Å². The number of rotatable bonds is 5. The van der Waals surface area contributed by atoms with Gasteiger partial charge < -0.3 is 0 Å². The molecule has 0 bridgehead atoms. The summed E-state index contributed by atoms with van der Waals surface area (Å²) >= 11 is 0. The Hall–Kier alpha value is -2.33. The third-order valence-electron chi connectivity index (χ3n) is 5.19. The van der Waals surface area contributed by atoms with E-state index in [0.717, 1.165) is 35.1 Å². The van der Waals surface area contributed by atoms with Crippen LogP contribution in [0.3, 0.4) is 0 Å². The fourth-order valence-electron chi connectivity index (χ4n) is 3.14. The Morgan fingerprint density at radius 2 is 2.00 bits per heavy atom. The van der Waals surface area contributed by atoms with Crippen molar-refractivity contribution in [2.24, 2.45) is 5.92 Å². The summed E-state index contributed by atoms with van der Waals surface area (Å²) in [5.41, 5.74) is 14.1. The highest BCUT2D eigenvalue weighted by Gasteiger charge is 2.17. The van der Waals surface area contributed by atoms with Gasteiger partial charge in [-0.15, -0.1) is 11.5 Å². The molecule has 0 amide bonds. The van der Waals surface area contributed by atoms with Gasteiger partial charge in [0.05, 0.1) is 0 Å². The Morgan fingerprint density at radius 1 is 1.28 bits per heavy atom. The first-order valence-corrected chi connectivity index (χ1v) is 8.96. The van der Waals surface area contributed by atoms with Crippen LogP contribution in [0.25, 0.3) is 0 Å². The number of carbonyl (C=O) groups is 1. The predicted octanol–water partition coefficient (Wildman–Crippen LogP) is 6.34. The third-order valence-corrected chi connectivity index (χ3v) is 5.19. The molecule has 0 aromatic carbocycles. The zero-order chi connectivity index (χ0) is 18.6. The lowest BCUT2D eigenvalue weighted by atomic mass is 9.88. The van der Waals surface area contributed by atoms with Gasteiger partial charge in [0.2, 0.25) is 0 Å². The number of hydrogen-bond acceptors (Lipinski definition) is 1. The summed E-state index contributed by atoms with van der Waals surface area (Å²) in [7, 11) is 0. The minimum Gasteiger partial charge on any atom is -0.295 e. The average molecular weight is 332 g/mol. The Labute approximate surface area is 152 Å². The summed E-state index contributed by atoms with van der Waals surface area (Å²) < 4.78 is 0. The van der Waals surface area contributed by atoms with E-state index in [1.54, 1.807) is 0 Å². The van der Waals surface area contributed by atoms with Crippen LogP contribution in [0.5, 0.6) is 0 Å². The van der Waals surface area contributed by atoms with Crippen LogP contribution >= 0.6 is 0 Å². The maximum atomic E-state index is 12.8. The second kappa shape index (κ2) is 8.17. The summed E-state index contributed by atoms with van der Waals surface area (Å²) in [5.74, 6) is 0.583. The van der Waals surface area contributed by atoms with Gasteiger partial charge in [-0.1, -0.05) is 36.8 Å². The van der Waals surface area contributed by atoms with Crippen molar-refractivity contribution < 1.29 is 4.79 Å². The third kappa shape index (κ3) is 4.60. The maximum absolute atomic E-state index is 12.8. The van der Waals surface area contributed by atoms with Gasteiger partial charge in [0.15, 0.2) is 5.78 Å². The largest absolute Gasteiger partial charge is 0.295 e. The van der Waals surface area contributed by atoms with Crippen LogP contribution in [0.2, 0.25) is 0 Å². The zero-order valence-corrected chi connectivity index (χ0v) is 16.1. The van der Waals surface area contributed by atoms with Gasteiger partial charge in [0, 0.05) is 29.1 Å². The van der Waals surface area contributed by atoms with Crippen LogP contribution in [-0.2, 0) is 4.79 Å². The molecule has 1 unspecified atom stereocenters. The summed E-state index contributed by atoms with van der Waals surface area (Å²) in [6.07, 6.45) is 10.6. The van der Waals surface area contributed by atoms with Crippen molar-refractivity contribution in [3.63, 3.8) is 0 Å². The second-order valence-electron chi connectivity index (χ2n) is 7.04. The summed E-state index contributed by atoms with van der Waals surface area (Å²) in [4.78, 5) is 12.8. The molecule has 0 aliphatic heterocycles. The lowest BCUT2D eigenvalue weighted by Crippen LogP contribution is -2.07. The van der Waals surface area contributed by atoms with E-state index in [1.807, 2.05) is 13.8 Å². The topological polar surface area (TPSA) is 17.1 Å². The van der Waals surface area contributed by atoms with Crippen LogP contribution in [-0.4, -0.2) is 5.78 Å². The maximum Gasteiger partial charge on any atom is 0.159 e. The molecule has 0 radical (unpaired) electrons. The number of carbonyl (C=O) groups excluding carboxylic acids is 1. The highest BCUT2D eigenvalue weighted by molar-refractivity contribution is 5.97. The Bertz CT molecular complexity index is 823.